The molecule has 0 saturated carbocycles. The maximum Gasteiger partial charge on any atom is 0.167 e. The van der Waals surface area contributed by atoms with Crippen LogP contribution >= 0.6 is 0 Å². The third-order valence-corrected chi connectivity index (χ3v) is 3.34. The van der Waals surface area contributed by atoms with E-state index in [9.17, 15) is 14.7 Å². The van der Waals surface area contributed by atoms with Crippen LogP contribution in [-0.4, -0.2) is 38.0 Å². The first-order chi connectivity index (χ1) is 11.8. The van der Waals surface area contributed by atoms with E-state index in [4.69, 9.17) is 14.2 Å². The topological polar surface area (TPSA) is 82.1 Å². The third-order valence-electron chi connectivity index (χ3n) is 3.34. The Balaban J connectivity index is 0.000000257. The smallest absolute Gasteiger partial charge is 0.167 e. The Labute approximate surface area is 147 Å². The van der Waals surface area contributed by atoms with Gasteiger partial charge < -0.3 is 19.3 Å². The van der Waals surface area contributed by atoms with Crippen molar-refractivity contribution in [3.05, 3.63) is 47.5 Å². The largest absolute Gasteiger partial charge is 0.508 e. The number of carbonyl (C=O) groups excluding carboxylic acids is 2. The average molecular weight is 346 g/mol. The lowest BCUT2D eigenvalue weighted by Crippen LogP contribution is -2.01. The van der Waals surface area contributed by atoms with Crippen LogP contribution in [0.3, 0.4) is 0 Å². The van der Waals surface area contributed by atoms with Gasteiger partial charge in [-0.15, -0.1) is 0 Å². The molecule has 6 nitrogen and oxygen atoms in total. The molecule has 0 spiro atoms. The summed E-state index contributed by atoms with van der Waals surface area (Å²) >= 11 is 0. The molecule has 0 aliphatic rings. The second-order valence-electron chi connectivity index (χ2n) is 5.07. The van der Waals surface area contributed by atoms with E-state index in [-0.39, 0.29) is 17.3 Å². The second kappa shape index (κ2) is 9.32. The molecule has 0 saturated heterocycles. The fourth-order valence-electron chi connectivity index (χ4n) is 2.07. The summed E-state index contributed by atoms with van der Waals surface area (Å²) in [5.41, 5.74) is 1.05. The maximum absolute atomic E-state index is 11.3. The van der Waals surface area contributed by atoms with Gasteiger partial charge in [-0.25, -0.2) is 0 Å². The highest BCUT2D eigenvalue weighted by Crippen LogP contribution is 2.33. The number of ether oxygens (including phenoxy) is 3. The fourth-order valence-corrected chi connectivity index (χ4v) is 2.07. The SMILES string of the molecule is COc1cc(O)cc(OC)c1C(C)=O.COc1ccc(C(C)=O)cc1. The zero-order valence-corrected chi connectivity index (χ0v) is 15.0. The summed E-state index contributed by atoms with van der Waals surface area (Å²) in [6.45, 7) is 2.96. The number of rotatable bonds is 5. The van der Waals surface area contributed by atoms with E-state index >= 15 is 0 Å². The monoisotopic (exact) mass is 346 g/mol. The molecule has 2 aromatic carbocycles. The van der Waals surface area contributed by atoms with Crippen LogP contribution in [0, 0.1) is 0 Å². The molecule has 0 radical (unpaired) electrons. The van der Waals surface area contributed by atoms with Crippen LogP contribution in [0.15, 0.2) is 36.4 Å². The molecule has 0 unspecified atom stereocenters. The van der Waals surface area contributed by atoms with Gasteiger partial charge in [-0.2, -0.15) is 0 Å². The van der Waals surface area contributed by atoms with Crippen LogP contribution in [0.25, 0.3) is 0 Å². The summed E-state index contributed by atoms with van der Waals surface area (Å²) in [4.78, 5) is 22.1. The fraction of sp³-hybridized carbons (Fsp3) is 0.263. The first-order valence-corrected chi connectivity index (χ1v) is 7.45. The Bertz CT molecular complexity index is 709. The van der Waals surface area contributed by atoms with Crippen molar-refractivity contribution in [2.45, 2.75) is 13.8 Å². The quantitative estimate of drug-likeness (QED) is 0.834. The van der Waals surface area contributed by atoms with E-state index < -0.39 is 0 Å². The van der Waals surface area contributed by atoms with E-state index in [2.05, 4.69) is 0 Å². The molecule has 0 atom stereocenters. The number of ketones is 2. The van der Waals surface area contributed by atoms with E-state index in [1.165, 1.54) is 33.3 Å². The van der Waals surface area contributed by atoms with Gasteiger partial charge in [0.1, 0.15) is 28.6 Å². The van der Waals surface area contributed by atoms with E-state index in [0.717, 1.165) is 5.75 Å². The summed E-state index contributed by atoms with van der Waals surface area (Å²) in [6, 6.07) is 9.80. The van der Waals surface area contributed by atoms with Crippen LogP contribution in [0.2, 0.25) is 0 Å². The minimum absolute atomic E-state index is 0.00343. The van der Waals surface area contributed by atoms with Gasteiger partial charge in [-0.05, 0) is 38.1 Å². The van der Waals surface area contributed by atoms with Gasteiger partial charge in [-0.1, -0.05) is 0 Å². The number of phenols is 1. The van der Waals surface area contributed by atoms with Crippen molar-refractivity contribution in [3.8, 4) is 23.0 Å². The molecule has 0 aromatic heterocycles. The highest BCUT2D eigenvalue weighted by atomic mass is 16.5. The van der Waals surface area contributed by atoms with Crippen LogP contribution in [-0.2, 0) is 0 Å². The Morgan fingerprint density at radius 3 is 1.60 bits per heavy atom. The molecule has 0 fully saturated rings. The van der Waals surface area contributed by atoms with Gasteiger partial charge in [0.2, 0.25) is 0 Å². The van der Waals surface area contributed by atoms with Crippen LogP contribution < -0.4 is 14.2 Å². The molecule has 0 bridgehead atoms. The molecule has 0 amide bonds. The lowest BCUT2D eigenvalue weighted by Gasteiger charge is -2.10. The number of carbonyl (C=O) groups is 2. The van der Waals surface area contributed by atoms with Crippen molar-refractivity contribution < 1.29 is 28.9 Å². The van der Waals surface area contributed by atoms with Gasteiger partial charge in [0, 0.05) is 17.7 Å². The zero-order valence-electron chi connectivity index (χ0n) is 15.0. The van der Waals surface area contributed by atoms with Gasteiger partial charge in [-0.3, -0.25) is 9.59 Å². The number of methoxy groups -OCH3 is 3. The Morgan fingerprint density at radius 2 is 1.28 bits per heavy atom. The standard InChI is InChI=1S/C10H12O4.C9H10O2/c1-6(11)10-8(13-2)4-7(12)5-9(10)14-3;1-7(10)8-3-5-9(11-2)6-4-8/h4-5,12H,1-3H3;3-6H,1-2H3. The Morgan fingerprint density at radius 1 is 0.800 bits per heavy atom. The highest BCUT2D eigenvalue weighted by Gasteiger charge is 2.15. The first kappa shape index (κ1) is 20.0. The van der Waals surface area contributed by atoms with Crippen molar-refractivity contribution in [3.63, 3.8) is 0 Å². The molecule has 2 aromatic rings. The van der Waals surface area contributed by atoms with E-state index in [1.54, 1.807) is 38.3 Å². The summed E-state index contributed by atoms with van der Waals surface area (Å²) in [6.07, 6.45) is 0. The second-order valence-corrected chi connectivity index (χ2v) is 5.07. The van der Waals surface area contributed by atoms with Crippen molar-refractivity contribution in [1.29, 1.82) is 0 Å². The molecule has 6 heteroatoms. The van der Waals surface area contributed by atoms with Crippen molar-refractivity contribution in [2.75, 3.05) is 21.3 Å². The predicted octanol–water partition coefficient (Wildman–Crippen LogP) is 3.51. The third kappa shape index (κ3) is 5.53. The van der Waals surface area contributed by atoms with Gasteiger partial charge >= 0.3 is 0 Å². The maximum atomic E-state index is 11.3. The zero-order chi connectivity index (χ0) is 19.0. The molecule has 0 aliphatic heterocycles. The lowest BCUT2D eigenvalue weighted by atomic mass is 10.1. The highest BCUT2D eigenvalue weighted by molar-refractivity contribution is 6.00. The van der Waals surface area contributed by atoms with Crippen LogP contribution in [0.1, 0.15) is 34.6 Å². The van der Waals surface area contributed by atoms with Crippen LogP contribution in [0.5, 0.6) is 23.0 Å². The number of phenolic OH excluding ortho intramolecular Hbond substituents is 1. The Kier molecular flexibility index (Phi) is 7.46. The number of Topliss-reactive ketones (excluding diaryl/α,β-unsaturated/α-hetero) is 2. The summed E-state index contributed by atoms with van der Waals surface area (Å²) in [7, 11) is 4.46. The minimum atomic E-state index is -0.168. The van der Waals surface area contributed by atoms with E-state index in [1.807, 2.05) is 0 Å². The Hall–Kier alpha value is -3.02. The molecular formula is C19H22O6. The molecular weight excluding hydrogens is 324 g/mol. The first-order valence-electron chi connectivity index (χ1n) is 7.45. The average Bonchev–Trinajstić information content (AvgIpc) is 2.60. The summed E-state index contributed by atoms with van der Waals surface area (Å²) < 4.78 is 14.9. The van der Waals surface area contributed by atoms with Gasteiger partial charge in [0.25, 0.3) is 0 Å². The molecule has 25 heavy (non-hydrogen) atoms. The molecule has 134 valence electrons. The molecule has 1 N–H and O–H groups in total. The van der Waals surface area contributed by atoms with Crippen molar-refractivity contribution >= 4 is 11.6 Å². The normalized spacial score (nSPS) is 9.48. The molecule has 0 aliphatic carbocycles. The summed E-state index contributed by atoms with van der Waals surface area (Å²) in [5, 5.41) is 9.29. The molecule has 0 heterocycles. The number of benzene rings is 2. The minimum Gasteiger partial charge on any atom is -0.508 e. The van der Waals surface area contributed by atoms with Gasteiger partial charge in [0.15, 0.2) is 11.6 Å². The summed E-state index contributed by atoms with van der Waals surface area (Å²) in [5.74, 6) is 1.31. The van der Waals surface area contributed by atoms with Crippen molar-refractivity contribution in [1.82, 2.24) is 0 Å². The van der Waals surface area contributed by atoms with Gasteiger partial charge in [0.05, 0.1) is 21.3 Å². The number of hydrogen-bond acceptors (Lipinski definition) is 6. The number of aromatic hydroxyl groups is 1. The van der Waals surface area contributed by atoms with Crippen LogP contribution in [0.4, 0.5) is 0 Å². The molecule has 2 rings (SSSR count). The lowest BCUT2D eigenvalue weighted by molar-refractivity contribution is 0.100. The van der Waals surface area contributed by atoms with Crippen molar-refractivity contribution in [2.24, 2.45) is 0 Å². The number of hydrogen-bond donors (Lipinski definition) is 1. The predicted molar refractivity (Wildman–Crippen MR) is 94.2 cm³/mol. The van der Waals surface area contributed by atoms with E-state index in [0.29, 0.717) is 22.6 Å².